The third-order valence-electron chi connectivity index (χ3n) is 3.45. The van der Waals surface area contributed by atoms with E-state index in [1.54, 1.807) is 20.8 Å². The van der Waals surface area contributed by atoms with Gasteiger partial charge in [-0.2, -0.15) is 0 Å². The van der Waals surface area contributed by atoms with E-state index >= 15 is 0 Å². The van der Waals surface area contributed by atoms with Crippen molar-refractivity contribution in [3.05, 3.63) is 0 Å². The van der Waals surface area contributed by atoms with Crippen molar-refractivity contribution in [3.63, 3.8) is 0 Å². The molecule has 1 saturated carbocycles. The van der Waals surface area contributed by atoms with Crippen molar-refractivity contribution in [1.82, 2.24) is 4.90 Å². The first-order chi connectivity index (χ1) is 8.31. The standard InChI is InChI=1S/C13H19NO4/c1-13(2,3)18-12(17)14-10-5-8(7-15)4-9(6-10)11(14)16/h7-10H,4-6H2,1-3H3. The lowest BCUT2D eigenvalue weighted by atomic mass is 9.82. The molecule has 0 radical (unpaired) electrons. The minimum absolute atomic E-state index is 0.106. The number of nitrogens with zero attached hydrogens (tertiary/aromatic N) is 1. The van der Waals surface area contributed by atoms with Crippen LogP contribution in [0, 0.1) is 11.8 Å². The van der Waals surface area contributed by atoms with Crippen molar-refractivity contribution in [2.45, 2.75) is 51.7 Å². The lowest BCUT2D eigenvalue weighted by molar-refractivity contribution is -0.130. The van der Waals surface area contributed by atoms with E-state index in [1.807, 2.05) is 0 Å². The molecule has 2 fully saturated rings. The van der Waals surface area contributed by atoms with Crippen LogP contribution in [0.3, 0.4) is 0 Å². The molecule has 5 heteroatoms. The Labute approximate surface area is 106 Å². The van der Waals surface area contributed by atoms with Gasteiger partial charge in [-0.05, 0) is 40.0 Å². The zero-order valence-corrected chi connectivity index (χ0v) is 11.0. The Hall–Kier alpha value is -1.39. The smallest absolute Gasteiger partial charge is 0.417 e. The van der Waals surface area contributed by atoms with E-state index in [9.17, 15) is 14.4 Å². The first-order valence-electron chi connectivity index (χ1n) is 6.33. The maximum Gasteiger partial charge on any atom is 0.417 e. The molecule has 3 atom stereocenters. The first-order valence-corrected chi connectivity index (χ1v) is 6.33. The minimum Gasteiger partial charge on any atom is -0.443 e. The van der Waals surface area contributed by atoms with E-state index in [4.69, 9.17) is 4.74 Å². The summed E-state index contributed by atoms with van der Waals surface area (Å²) in [6.45, 7) is 5.31. The van der Waals surface area contributed by atoms with Crippen molar-refractivity contribution < 1.29 is 19.1 Å². The van der Waals surface area contributed by atoms with Gasteiger partial charge in [0.05, 0.1) is 0 Å². The number of ether oxygens (including phenoxy) is 1. The Kier molecular flexibility index (Phi) is 3.17. The lowest BCUT2D eigenvalue weighted by Gasteiger charge is -2.28. The third kappa shape index (κ3) is 2.40. The van der Waals surface area contributed by atoms with E-state index in [-0.39, 0.29) is 23.8 Å². The Balaban J connectivity index is 2.12. The number of carbonyl (C=O) groups is 3. The Bertz CT molecular complexity index is 385. The quantitative estimate of drug-likeness (QED) is 0.668. The first kappa shape index (κ1) is 13.1. The second-order valence-electron chi connectivity index (χ2n) is 6.14. The highest BCUT2D eigenvalue weighted by atomic mass is 16.6. The molecule has 1 saturated heterocycles. The summed E-state index contributed by atoms with van der Waals surface area (Å²) in [5.41, 5.74) is -0.613. The number of carbonyl (C=O) groups excluding carboxylic acids is 3. The fourth-order valence-electron chi connectivity index (χ4n) is 2.78. The molecule has 0 N–H and O–H groups in total. The molecular weight excluding hydrogens is 234 g/mol. The van der Waals surface area contributed by atoms with E-state index in [0.717, 1.165) is 6.29 Å². The van der Waals surface area contributed by atoms with Crippen LogP contribution >= 0.6 is 0 Å². The SMILES string of the molecule is CC(C)(C)OC(=O)N1C(=O)C2CC(C=O)CC1C2. The van der Waals surface area contributed by atoms with Gasteiger partial charge in [-0.3, -0.25) is 4.79 Å². The number of imide groups is 1. The molecular formula is C13H19NO4. The molecule has 100 valence electrons. The molecule has 2 aliphatic rings. The van der Waals surface area contributed by atoms with E-state index in [1.165, 1.54) is 4.90 Å². The maximum atomic E-state index is 12.1. The van der Waals surface area contributed by atoms with Crippen molar-refractivity contribution in [3.8, 4) is 0 Å². The topological polar surface area (TPSA) is 63.7 Å². The molecule has 18 heavy (non-hydrogen) atoms. The molecule has 3 unspecified atom stereocenters. The molecule has 2 rings (SSSR count). The summed E-state index contributed by atoms with van der Waals surface area (Å²) in [6.07, 6.45) is 2.13. The summed E-state index contributed by atoms with van der Waals surface area (Å²) in [4.78, 5) is 36.2. The van der Waals surface area contributed by atoms with Gasteiger partial charge in [0.1, 0.15) is 11.9 Å². The average molecular weight is 253 g/mol. The number of rotatable bonds is 1. The van der Waals surface area contributed by atoms with Crippen LogP contribution in [0.1, 0.15) is 40.0 Å². The number of likely N-dealkylation sites (tertiary alicyclic amines) is 1. The van der Waals surface area contributed by atoms with Crippen LogP contribution in [0.5, 0.6) is 0 Å². The molecule has 1 aliphatic heterocycles. The molecule has 0 aromatic carbocycles. The van der Waals surface area contributed by atoms with Crippen molar-refractivity contribution in [2.75, 3.05) is 0 Å². The molecule has 2 amide bonds. The Morgan fingerprint density at radius 3 is 2.56 bits per heavy atom. The van der Waals surface area contributed by atoms with Gasteiger partial charge in [0, 0.05) is 17.9 Å². The second kappa shape index (κ2) is 4.37. The van der Waals surface area contributed by atoms with E-state index < -0.39 is 11.7 Å². The molecule has 0 spiro atoms. The van der Waals surface area contributed by atoms with Crippen LogP contribution in [0.4, 0.5) is 4.79 Å². The van der Waals surface area contributed by atoms with Crippen LogP contribution in [-0.2, 0) is 14.3 Å². The number of hydrogen-bond acceptors (Lipinski definition) is 4. The monoisotopic (exact) mass is 253 g/mol. The highest BCUT2D eigenvalue weighted by Crippen LogP contribution is 2.39. The summed E-state index contributed by atoms with van der Waals surface area (Å²) in [6, 6.07) is -0.165. The van der Waals surface area contributed by atoms with E-state index in [2.05, 4.69) is 0 Å². The normalized spacial score (nSPS) is 31.4. The van der Waals surface area contributed by atoms with Gasteiger partial charge in [-0.1, -0.05) is 0 Å². The zero-order valence-electron chi connectivity index (χ0n) is 11.0. The lowest BCUT2D eigenvalue weighted by Crippen LogP contribution is -2.42. The van der Waals surface area contributed by atoms with Crippen LogP contribution < -0.4 is 0 Å². The minimum atomic E-state index is -0.613. The highest BCUT2D eigenvalue weighted by Gasteiger charge is 2.49. The Morgan fingerprint density at radius 1 is 1.33 bits per heavy atom. The molecule has 1 aliphatic carbocycles. The summed E-state index contributed by atoms with van der Waals surface area (Å²) in [5.74, 6) is -0.477. The predicted octanol–water partition coefficient (Wildman–Crippen LogP) is 1.75. The van der Waals surface area contributed by atoms with Crippen LogP contribution in [0.25, 0.3) is 0 Å². The fraction of sp³-hybridized carbons (Fsp3) is 0.769. The van der Waals surface area contributed by atoms with Crippen molar-refractivity contribution in [1.29, 1.82) is 0 Å². The second-order valence-corrected chi connectivity index (χ2v) is 6.14. The number of amides is 2. The van der Waals surface area contributed by atoms with Crippen molar-refractivity contribution in [2.24, 2.45) is 11.8 Å². The molecule has 0 aromatic rings. The summed E-state index contributed by atoms with van der Waals surface area (Å²) < 4.78 is 5.25. The molecule has 1 heterocycles. The largest absolute Gasteiger partial charge is 0.443 e. The van der Waals surface area contributed by atoms with Gasteiger partial charge in [0.2, 0.25) is 5.91 Å². The number of aldehydes is 1. The fourth-order valence-corrected chi connectivity index (χ4v) is 2.78. The van der Waals surface area contributed by atoms with Gasteiger partial charge in [0.15, 0.2) is 0 Å². The van der Waals surface area contributed by atoms with Gasteiger partial charge in [0.25, 0.3) is 0 Å². The molecule has 0 aromatic heterocycles. The zero-order chi connectivity index (χ0) is 13.5. The number of fused-ring (bicyclic) bond motifs is 2. The van der Waals surface area contributed by atoms with Gasteiger partial charge in [-0.25, -0.2) is 9.69 Å². The van der Waals surface area contributed by atoms with Gasteiger partial charge in [-0.15, -0.1) is 0 Å². The summed E-state index contributed by atoms with van der Waals surface area (Å²) in [5, 5.41) is 0. The van der Waals surface area contributed by atoms with Crippen LogP contribution in [0.15, 0.2) is 0 Å². The summed E-state index contributed by atoms with van der Waals surface area (Å²) >= 11 is 0. The van der Waals surface area contributed by atoms with E-state index in [0.29, 0.717) is 19.3 Å². The van der Waals surface area contributed by atoms with Gasteiger partial charge >= 0.3 is 6.09 Å². The van der Waals surface area contributed by atoms with Crippen molar-refractivity contribution >= 4 is 18.3 Å². The maximum absolute atomic E-state index is 12.1. The Morgan fingerprint density at radius 2 is 2.00 bits per heavy atom. The van der Waals surface area contributed by atoms with Crippen LogP contribution in [0.2, 0.25) is 0 Å². The predicted molar refractivity (Wildman–Crippen MR) is 63.8 cm³/mol. The molecule has 5 nitrogen and oxygen atoms in total. The summed E-state index contributed by atoms with van der Waals surface area (Å²) in [7, 11) is 0. The highest BCUT2D eigenvalue weighted by molar-refractivity contribution is 5.96. The molecule has 2 bridgehead atoms. The third-order valence-corrected chi connectivity index (χ3v) is 3.45. The van der Waals surface area contributed by atoms with Gasteiger partial charge < -0.3 is 9.53 Å². The number of hydrogen-bond donors (Lipinski definition) is 0. The van der Waals surface area contributed by atoms with Crippen LogP contribution in [-0.4, -0.2) is 34.8 Å². The average Bonchev–Trinajstić information content (AvgIpc) is 2.47.